The summed E-state index contributed by atoms with van der Waals surface area (Å²) in [5.74, 6) is 0.589. The molecule has 0 aromatic carbocycles. The predicted molar refractivity (Wildman–Crippen MR) is 41.5 cm³/mol. The van der Waals surface area contributed by atoms with E-state index in [2.05, 4.69) is 5.32 Å². The SMILES string of the molecule is C1COCC2COCCC2N1. The Balaban J connectivity index is 1.93. The lowest BCUT2D eigenvalue weighted by Crippen LogP contribution is -2.42. The van der Waals surface area contributed by atoms with Gasteiger partial charge in [-0.2, -0.15) is 0 Å². The summed E-state index contributed by atoms with van der Waals surface area (Å²) in [5.41, 5.74) is 0. The highest BCUT2D eigenvalue weighted by molar-refractivity contribution is 4.80. The van der Waals surface area contributed by atoms with E-state index in [-0.39, 0.29) is 0 Å². The summed E-state index contributed by atoms with van der Waals surface area (Å²) in [6.07, 6.45) is 1.15. The van der Waals surface area contributed by atoms with Crippen molar-refractivity contribution in [2.24, 2.45) is 5.92 Å². The van der Waals surface area contributed by atoms with Gasteiger partial charge in [0.1, 0.15) is 0 Å². The van der Waals surface area contributed by atoms with Crippen molar-refractivity contribution in [1.29, 1.82) is 0 Å². The van der Waals surface area contributed by atoms with Crippen molar-refractivity contribution in [2.75, 3.05) is 33.0 Å². The van der Waals surface area contributed by atoms with E-state index in [1.165, 1.54) is 0 Å². The zero-order valence-electron chi connectivity index (χ0n) is 6.71. The number of nitrogens with one attached hydrogen (secondary N) is 1. The second-order valence-electron chi connectivity index (χ2n) is 3.26. The van der Waals surface area contributed by atoms with Crippen LogP contribution < -0.4 is 5.32 Å². The van der Waals surface area contributed by atoms with Gasteiger partial charge in [0, 0.05) is 25.1 Å². The average Bonchev–Trinajstić information content (AvgIpc) is 2.28. The summed E-state index contributed by atoms with van der Waals surface area (Å²) in [5, 5.41) is 3.48. The summed E-state index contributed by atoms with van der Waals surface area (Å²) in [7, 11) is 0. The van der Waals surface area contributed by atoms with Gasteiger partial charge in [-0.25, -0.2) is 0 Å². The van der Waals surface area contributed by atoms with Gasteiger partial charge in [0.05, 0.1) is 19.8 Å². The molecule has 11 heavy (non-hydrogen) atoms. The van der Waals surface area contributed by atoms with Crippen molar-refractivity contribution in [3.63, 3.8) is 0 Å². The quantitative estimate of drug-likeness (QED) is 0.537. The van der Waals surface area contributed by atoms with E-state index in [0.29, 0.717) is 12.0 Å². The highest BCUT2D eigenvalue weighted by atomic mass is 16.5. The molecular formula is C8H15NO2. The van der Waals surface area contributed by atoms with Crippen LogP contribution in [-0.2, 0) is 9.47 Å². The van der Waals surface area contributed by atoms with Crippen LogP contribution in [0.1, 0.15) is 6.42 Å². The molecule has 0 bridgehead atoms. The molecule has 2 fully saturated rings. The Morgan fingerprint density at radius 2 is 1.91 bits per heavy atom. The molecule has 0 spiro atoms. The van der Waals surface area contributed by atoms with Crippen LogP contribution in [0.15, 0.2) is 0 Å². The van der Waals surface area contributed by atoms with Gasteiger partial charge in [0.15, 0.2) is 0 Å². The first kappa shape index (κ1) is 7.53. The van der Waals surface area contributed by atoms with Gasteiger partial charge in [-0.3, -0.25) is 0 Å². The summed E-state index contributed by atoms with van der Waals surface area (Å²) in [6, 6.07) is 0.645. The Morgan fingerprint density at radius 3 is 2.82 bits per heavy atom. The molecular weight excluding hydrogens is 142 g/mol. The topological polar surface area (TPSA) is 30.5 Å². The van der Waals surface area contributed by atoms with E-state index < -0.39 is 0 Å². The van der Waals surface area contributed by atoms with Crippen molar-refractivity contribution in [3.8, 4) is 0 Å². The van der Waals surface area contributed by atoms with Gasteiger partial charge in [-0.05, 0) is 6.42 Å². The molecule has 0 aromatic rings. The molecule has 0 aromatic heterocycles. The first-order valence-corrected chi connectivity index (χ1v) is 4.36. The van der Waals surface area contributed by atoms with Crippen molar-refractivity contribution in [3.05, 3.63) is 0 Å². The van der Waals surface area contributed by atoms with E-state index in [1.807, 2.05) is 0 Å². The fraction of sp³-hybridized carbons (Fsp3) is 1.00. The van der Waals surface area contributed by atoms with Gasteiger partial charge in [0.2, 0.25) is 0 Å². The molecule has 2 atom stereocenters. The number of fused-ring (bicyclic) bond motifs is 1. The Hall–Kier alpha value is -0.120. The molecule has 2 heterocycles. The largest absolute Gasteiger partial charge is 0.381 e. The molecule has 2 saturated heterocycles. The zero-order valence-corrected chi connectivity index (χ0v) is 6.71. The second-order valence-corrected chi connectivity index (χ2v) is 3.26. The summed E-state index contributed by atoms with van der Waals surface area (Å²) >= 11 is 0. The van der Waals surface area contributed by atoms with E-state index in [0.717, 1.165) is 39.4 Å². The fourth-order valence-corrected chi connectivity index (χ4v) is 1.78. The van der Waals surface area contributed by atoms with Crippen LogP contribution in [0.2, 0.25) is 0 Å². The number of rotatable bonds is 0. The third-order valence-electron chi connectivity index (χ3n) is 2.46. The smallest absolute Gasteiger partial charge is 0.0591 e. The van der Waals surface area contributed by atoms with Gasteiger partial charge >= 0.3 is 0 Å². The van der Waals surface area contributed by atoms with Gasteiger partial charge in [0.25, 0.3) is 0 Å². The van der Waals surface area contributed by atoms with Crippen LogP contribution in [0.25, 0.3) is 0 Å². The lowest BCUT2D eigenvalue weighted by molar-refractivity contribution is 0.00573. The molecule has 2 aliphatic rings. The Kier molecular flexibility index (Phi) is 2.41. The number of ether oxygens (including phenoxy) is 2. The van der Waals surface area contributed by atoms with Crippen LogP contribution in [0.5, 0.6) is 0 Å². The molecule has 0 saturated carbocycles. The average molecular weight is 157 g/mol. The van der Waals surface area contributed by atoms with Gasteiger partial charge in [-0.15, -0.1) is 0 Å². The second kappa shape index (κ2) is 3.52. The van der Waals surface area contributed by atoms with E-state index in [4.69, 9.17) is 9.47 Å². The Bertz CT molecular complexity index is 115. The van der Waals surface area contributed by atoms with Crippen molar-refractivity contribution in [1.82, 2.24) is 5.32 Å². The van der Waals surface area contributed by atoms with Crippen LogP contribution in [0.3, 0.4) is 0 Å². The monoisotopic (exact) mass is 157 g/mol. The first-order chi connectivity index (χ1) is 5.47. The Morgan fingerprint density at radius 1 is 1.09 bits per heavy atom. The molecule has 1 N–H and O–H groups in total. The molecule has 0 aliphatic carbocycles. The maximum atomic E-state index is 5.42. The van der Waals surface area contributed by atoms with E-state index in [1.54, 1.807) is 0 Å². The van der Waals surface area contributed by atoms with E-state index >= 15 is 0 Å². The molecule has 3 nitrogen and oxygen atoms in total. The van der Waals surface area contributed by atoms with Crippen LogP contribution in [-0.4, -0.2) is 39.0 Å². The van der Waals surface area contributed by atoms with Crippen LogP contribution >= 0.6 is 0 Å². The molecule has 0 radical (unpaired) electrons. The van der Waals surface area contributed by atoms with Crippen molar-refractivity contribution >= 4 is 0 Å². The maximum absolute atomic E-state index is 5.42. The highest BCUT2D eigenvalue weighted by Gasteiger charge is 2.26. The van der Waals surface area contributed by atoms with Crippen LogP contribution in [0.4, 0.5) is 0 Å². The lowest BCUT2D eigenvalue weighted by Gasteiger charge is -2.29. The van der Waals surface area contributed by atoms with E-state index in [9.17, 15) is 0 Å². The lowest BCUT2D eigenvalue weighted by atomic mass is 9.97. The summed E-state index contributed by atoms with van der Waals surface area (Å²) in [4.78, 5) is 0. The standard InChI is InChI=1S/C8H15NO2/c1-3-10-5-7-6-11-4-2-9-8(1)7/h7-9H,1-6H2. The minimum Gasteiger partial charge on any atom is -0.381 e. The predicted octanol–water partition coefficient (Wildman–Crippen LogP) is 0.0113. The van der Waals surface area contributed by atoms with Gasteiger partial charge in [-0.1, -0.05) is 0 Å². The molecule has 2 unspecified atom stereocenters. The first-order valence-electron chi connectivity index (χ1n) is 4.36. The number of hydrogen-bond donors (Lipinski definition) is 1. The summed E-state index contributed by atoms with van der Waals surface area (Å²) in [6.45, 7) is 4.51. The normalized spacial score (nSPS) is 39.3. The zero-order chi connectivity index (χ0) is 7.52. The maximum Gasteiger partial charge on any atom is 0.0591 e. The molecule has 2 aliphatic heterocycles. The summed E-state index contributed by atoms with van der Waals surface area (Å²) < 4.78 is 10.8. The minimum atomic E-state index is 0.589. The third-order valence-corrected chi connectivity index (χ3v) is 2.46. The minimum absolute atomic E-state index is 0.589. The van der Waals surface area contributed by atoms with Crippen molar-refractivity contribution in [2.45, 2.75) is 12.5 Å². The van der Waals surface area contributed by atoms with Crippen LogP contribution in [0, 0.1) is 5.92 Å². The Labute approximate surface area is 67.1 Å². The number of hydrogen-bond acceptors (Lipinski definition) is 3. The molecule has 2 rings (SSSR count). The molecule has 3 heteroatoms. The molecule has 0 amide bonds. The van der Waals surface area contributed by atoms with Gasteiger partial charge < -0.3 is 14.8 Å². The molecule has 64 valence electrons. The fourth-order valence-electron chi connectivity index (χ4n) is 1.78. The van der Waals surface area contributed by atoms with Crippen molar-refractivity contribution < 1.29 is 9.47 Å². The highest BCUT2D eigenvalue weighted by Crippen LogP contribution is 2.16. The third kappa shape index (κ3) is 1.72.